The summed E-state index contributed by atoms with van der Waals surface area (Å²) in [7, 11) is 0. The average Bonchev–Trinajstić information content (AvgIpc) is 3.41. The van der Waals surface area contributed by atoms with Crippen LogP contribution in [0.5, 0.6) is 0 Å². The molecule has 2 heterocycles. The molecule has 0 radical (unpaired) electrons. The second kappa shape index (κ2) is 9.70. The minimum Gasteiger partial charge on any atom is -0.368 e. The predicted molar refractivity (Wildman–Crippen MR) is 123 cm³/mol. The summed E-state index contributed by atoms with van der Waals surface area (Å²) < 4.78 is 0. The van der Waals surface area contributed by atoms with Crippen LogP contribution in [0.1, 0.15) is 30.4 Å². The SMILES string of the molecule is C1=CC2=C(CC1)CCc1c2ccc2ccccc12.c1cc[nH]c1.c1ccncc1. The van der Waals surface area contributed by atoms with E-state index in [9.17, 15) is 0 Å². The fraction of sp³-hybridized carbons (Fsp3) is 0.148. The van der Waals surface area contributed by atoms with Crippen LogP contribution in [0, 0.1) is 0 Å². The average molecular weight is 379 g/mol. The topological polar surface area (TPSA) is 28.7 Å². The Morgan fingerprint density at radius 3 is 2.24 bits per heavy atom. The molecule has 29 heavy (non-hydrogen) atoms. The molecule has 2 nitrogen and oxygen atoms in total. The van der Waals surface area contributed by atoms with Crippen LogP contribution in [0.4, 0.5) is 0 Å². The fourth-order valence-corrected chi connectivity index (χ4v) is 3.98. The van der Waals surface area contributed by atoms with E-state index >= 15 is 0 Å². The van der Waals surface area contributed by atoms with Crippen LogP contribution in [0.2, 0.25) is 0 Å². The molecular weight excluding hydrogens is 352 g/mol. The first-order valence-electron chi connectivity index (χ1n) is 10.3. The zero-order valence-electron chi connectivity index (χ0n) is 16.6. The van der Waals surface area contributed by atoms with E-state index in [4.69, 9.17) is 0 Å². The lowest BCUT2D eigenvalue weighted by molar-refractivity contribution is 0.831. The summed E-state index contributed by atoms with van der Waals surface area (Å²) in [6, 6.07) is 23.0. The van der Waals surface area contributed by atoms with Gasteiger partial charge in [0.15, 0.2) is 0 Å². The van der Waals surface area contributed by atoms with Crippen LogP contribution < -0.4 is 0 Å². The van der Waals surface area contributed by atoms with Crippen LogP contribution in [0.15, 0.2) is 109 Å². The summed E-state index contributed by atoms with van der Waals surface area (Å²) in [6.45, 7) is 0. The van der Waals surface area contributed by atoms with E-state index in [2.05, 4.69) is 58.5 Å². The summed E-state index contributed by atoms with van der Waals surface area (Å²) in [6.07, 6.45) is 16.9. The summed E-state index contributed by atoms with van der Waals surface area (Å²) in [4.78, 5) is 6.65. The lowest BCUT2D eigenvalue weighted by atomic mass is 9.80. The molecule has 0 unspecified atom stereocenters. The van der Waals surface area contributed by atoms with Crippen molar-refractivity contribution in [2.24, 2.45) is 0 Å². The molecule has 0 aliphatic heterocycles. The number of pyridine rings is 1. The van der Waals surface area contributed by atoms with Gasteiger partial charge >= 0.3 is 0 Å². The van der Waals surface area contributed by atoms with Gasteiger partial charge in [0.2, 0.25) is 0 Å². The molecule has 0 saturated carbocycles. The van der Waals surface area contributed by atoms with Gasteiger partial charge in [0, 0.05) is 24.8 Å². The number of nitrogens with zero attached hydrogens (tertiary/aromatic N) is 1. The van der Waals surface area contributed by atoms with Crippen LogP contribution in [0.25, 0.3) is 16.3 Å². The van der Waals surface area contributed by atoms with E-state index in [1.165, 1.54) is 47.6 Å². The summed E-state index contributed by atoms with van der Waals surface area (Å²) in [5.41, 5.74) is 6.21. The zero-order valence-corrected chi connectivity index (χ0v) is 16.6. The van der Waals surface area contributed by atoms with Crippen LogP contribution in [-0.4, -0.2) is 9.97 Å². The van der Waals surface area contributed by atoms with Gasteiger partial charge in [0.1, 0.15) is 0 Å². The number of allylic oxidation sites excluding steroid dienone is 4. The Labute approximate surface area is 172 Å². The van der Waals surface area contributed by atoms with Crippen molar-refractivity contribution in [2.45, 2.75) is 25.7 Å². The number of aromatic nitrogens is 2. The quantitative estimate of drug-likeness (QED) is 0.351. The molecular formula is C27H26N2. The van der Waals surface area contributed by atoms with Crippen molar-refractivity contribution >= 4 is 16.3 Å². The molecule has 0 spiro atoms. The molecule has 2 aliphatic rings. The Kier molecular flexibility index (Phi) is 6.34. The normalized spacial score (nSPS) is 14.1. The van der Waals surface area contributed by atoms with E-state index in [0.29, 0.717) is 0 Å². The van der Waals surface area contributed by atoms with Gasteiger partial charge in [-0.1, -0.05) is 60.2 Å². The molecule has 0 amide bonds. The molecule has 2 aliphatic carbocycles. The fourth-order valence-electron chi connectivity index (χ4n) is 3.98. The molecule has 0 saturated heterocycles. The number of fused-ring (bicyclic) bond motifs is 4. The molecule has 1 N–H and O–H groups in total. The van der Waals surface area contributed by atoms with E-state index < -0.39 is 0 Å². The number of aryl methyl sites for hydroxylation is 1. The number of aromatic amines is 1. The molecule has 0 atom stereocenters. The highest BCUT2D eigenvalue weighted by molar-refractivity contribution is 5.93. The Morgan fingerprint density at radius 2 is 1.55 bits per heavy atom. The van der Waals surface area contributed by atoms with Crippen molar-refractivity contribution in [2.75, 3.05) is 0 Å². The number of hydrogen-bond acceptors (Lipinski definition) is 1. The van der Waals surface area contributed by atoms with Crippen molar-refractivity contribution in [3.8, 4) is 0 Å². The Balaban J connectivity index is 0.000000152. The zero-order chi connectivity index (χ0) is 19.7. The minimum atomic E-state index is 1.21. The minimum absolute atomic E-state index is 1.21. The predicted octanol–water partition coefficient (Wildman–Crippen LogP) is 6.99. The highest BCUT2D eigenvalue weighted by Gasteiger charge is 2.20. The van der Waals surface area contributed by atoms with Gasteiger partial charge in [0.05, 0.1) is 0 Å². The largest absolute Gasteiger partial charge is 0.368 e. The number of benzene rings is 2. The van der Waals surface area contributed by atoms with E-state index in [1.54, 1.807) is 23.5 Å². The first kappa shape index (κ1) is 18.9. The van der Waals surface area contributed by atoms with Crippen LogP contribution in [0.3, 0.4) is 0 Å². The third kappa shape index (κ3) is 4.72. The first-order chi connectivity index (χ1) is 14.4. The van der Waals surface area contributed by atoms with Crippen molar-refractivity contribution in [1.82, 2.24) is 9.97 Å². The van der Waals surface area contributed by atoms with Crippen molar-refractivity contribution in [3.05, 3.63) is 120 Å². The van der Waals surface area contributed by atoms with Gasteiger partial charge in [-0.3, -0.25) is 4.98 Å². The second-order valence-electron chi connectivity index (χ2n) is 7.18. The summed E-state index contributed by atoms with van der Waals surface area (Å²) in [5, 5.41) is 2.82. The summed E-state index contributed by atoms with van der Waals surface area (Å²) in [5.74, 6) is 0. The number of hydrogen-bond donors (Lipinski definition) is 1. The van der Waals surface area contributed by atoms with Crippen molar-refractivity contribution in [3.63, 3.8) is 0 Å². The van der Waals surface area contributed by atoms with Gasteiger partial charge in [0.25, 0.3) is 0 Å². The number of rotatable bonds is 0. The van der Waals surface area contributed by atoms with E-state index in [0.717, 1.165) is 0 Å². The Bertz CT molecular complexity index is 1050. The van der Waals surface area contributed by atoms with E-state index in [1.807, 2.05) is 42.7 Å². The molecule has 2 aromatic heterocycles. The van der Waals surface area contributed by atoms with Gasteiger partial charge in [-0.2, -0.15) is 0 Å². The van der Waals surface area contributed by atoms with E-state index in [-0.39, 0.29) is 0 Å². The monoisotopic (exact) mass is 378 g/mol. The first-order valence-corrected chi connectivity index (χ1v) is 10.3. The second-order valence-corrected chi connectivity index (χ2v) is 7.18. The number of H-pyrrole nitrogens is 1. The van der Waals surface area contributed by atoms with Crippen molar-refractivity contribution < 1.29 is 0 Å². The third-order valence-electron chi connectivity index (χ3n) is 5.35. The molecule has 2 aromatic carbocycles. The maximum atomic E-state index is 3.78. The lowest BCUT2D eigenvalue weighted by Crippen LogP contribution is -2.06. The molecule has 6 rings (SSSR count). The maximum absolute atomic E-state index is 3.78. The third-order valence-corrected chi connectivity index (χ3v) is 5.35. The Hall–Kier alpha value is -3.39. The molecule has 2 heteroatoms. The smallest absolute Gasteiger partial charge is 0.0267 e. The highest BCUT2D eigenvalue weighted by atomic mass is 14.6. The Morgan fingerprint density at radius 1 is 0.724 bits per heavy atom. The lowest BCUT2D eigenvalue weighted by Gasteiger charge is -2.25. The van der Waals surface area contributed by atoms with Gasteiger partial charge < -0.3 is 4.98 Å². The standard InChI is InChI=1S/C18H16.C5H5N.C4H5N/c1-3-7-15-13(5-1)9-11-18-16-8-4-2-6-14(16)10-12-17(15)18;1-2-4-6-5-3-1;1-2-4-5-3-1/h1,3-5,7-9,11H,2,6,10,12H2;1-5H;1-5H. The molecule has 0 bridgehead atoms. The highest BCUT2D eigenvalue weighted by Crippen LogP contribution is 2.39. The maximum Gasteiger partial charge on any atom is 0.0267 e. The number of nitrogens with one attached hydrogen (secondary N) is 1. The van der Waals surface area contributed by atoms with Crippen LogP contribution >= 0.6 is 0 Å². The van der Waals surface area contributed by atoms with Gasteiger partial charge in [-0.05, 0) is 77.4 Å². The molecule has 4 aromatic rings. The molecule has 144 valence electrons. The summed E-state index contributed by atoms with van der Waals surface area (Å²) >= 11 is 0. The van der Waals surface area contributed by atoms with Gasteiger partial charge in [-0.15, -0.1) is 0 Å². The van der Waals surface area contributed by atoms with Gasteiger partial charge in [-0.25, -0.2) is 0 Å². The van der Waals surface area contributed by atoms with Crippen LogP contribution in [-0.2, 0) is 6.42 Å². The molecule has 0 fully saturated rings. The van der Waals surface area contributed by atoms with Crippen molar-refractivity contribution in [1.29, 1.82) is 0 Å².